The molecule has 1 atom stereocenters. The van der Waals surface area contributed by atoms with Gasteiger partial charge < -0.3 is 9.84 Å². The minimum Gasteiger partial charge on any atom is -0.479 e. The zero-order valence-electron chi connectivity index (χ0n) is 11.3. The molecule has 0 aliphatic heterocycles. The van der Waals surface area contributed by atoms with Crippen LogP contribution in [-0.2, 0) is 14.3 Å². The Bertz CT molecular complexity index is 243. The van der Waals surface area contributed by atoms with Gasteiger partial charge in [-0.1, -0.05) is 32.6 Å². The molecule has 0 fully saturated rings. The monoisotopic (exact) mass is 276 g/mol. The molecule has 0 aromatic carbocycles. The number of ether oxygens (including phenoxy) is 1. The molecule has 4 nitrogen and oxygen atoms in total. The van der Waals surface area contributed by atoms with E-state index in [0.29, 0.717) is 18.6 Å². The molecule has 0 rings (SSSR count). The summed E-state index contributed by atoms with van der Waals surface area (Å²) in [6.45, 7) is 2.14. The third-order valence-corrected chi connectivity index (χ3v) is 3.26. The van der Waals surface area contributed by atoms with Gasteiger partial charge in [0.2, 0.25) is 0 Å². The number of unbranched alkanes of at least 4 members (excludes halogenated alkanes) is 4. The van der Waals surface area contributed by atoms with Gasteiger partial charge in [-0.25, -0.2) is 4.79 Å². The highest BCUT2D eigenvalue weighted by Crippen LogP contribution is 2.09. The summed E-state index contributed by atoms with van der Waals surface area (Å²) in [5.41, 5.74) is 0. The summed E-state index contributed by atoms with van der Waals surface area (Å²) in [4.78, 5) is 22.3. The number of aliphatic carboxylic acids is 1. The molecule has 0 aliphatic rings. The van der Waals surface area contributed by atoms with Crippen LogP contribution in [0.3, 0.4) is 0 Å². The Kier molecular flexibility index (Phi) is 10.9. The molecule has 0 bridgehead atoms. The second-order valence-electron chi connectivity index (χ2n) is 4.26. The van der Waals surface area contributed by atoms with Crippen molar-refractivity contribution in [3.8, 4) is 0 Å². The average Bonchev–Trinajstić information content (AvgIpc) is 2.33. The summed E-state index contributed by atoms with van der Waals surface area (Å²) in [5.74, 6) is -0.760. The molecule has 0 aliphatic carbocycles. The molecule has 0 radical (unpaired) electrons. The third kappa shape index (κ3) is 9.33. The summed E-state index contributed by atoms with van der Waals surface area (Å²) < 4.78 is 4.97. The molecule has 0 saturated carbocycles. The Morgan fingerprint density at radius 3 is 2.44 bits per heavy atom. The summed E-state index contributed by atoms with van der Waals surface area (Å²) in [5, 5.41) is 8.90. The number of hydrogen-bond acceptors (Lipinski definition) is 4. The summed E-state index contributed by atoms with van der Waals surface area (Å²) in [7, 11) is 0. The number of carboxylic acid groups (broad SMARTS) is 1. The molecule has 0 saturated heterocycles. The Balaban J connectivity index is 3.77. The standard InChI is InChI=1S/C13H24O4S/c1-3-4-5-6-7-8-12(14)17-11(13(15)16)9-10-18-2/h11H,3-10H2,1-2H3,(H,15,16). The molecule has 1 N–H and O–H groups in total. The first kappa shape index (κ1) is 17.3. The van der Waals surface area contributed by atoms with E-state index in [1.807, 2.05) is 6.26 Å². The van der Waals surface area contributed by atoms with Crippen LogP contribution in [0, 0.1) is 0 Å². The van der Waals surface area contributed by atoms with Crippen molar-refractivity contribution in [1.29, 1.82) is 0 Å². The Morgan fingerprint density at radius 2 is 1.89 bits per heavy atom. The molecule has 0 spiro atoms. The second-order valence-corrected chi connectivity index (χ2v) is 5.25. The van der Waals surface area contributed by atoms with E-state index in [9.17, 15) is 9.59 Å². The van der Waals surface area contributed by atoms with E-state index in [2.05, 4.69) is 6.92 Å². The number of hydrogen-bond donors (Lipinski definition) is 1. The minimum atomic E-state index is -1.05. The number of esters is 1. The van der Waals surface area contributed by atoms with Crippen LogP contribution in [0.15, 0.2) is 0 Å². The zero-order valence-corrected chi connectivity index (χ0v) is 12.1. The lowest BCUT2D eigenvalue weighted by Gasteiger charge is -2.13. The van der Waals surface area contributed by atoms with Crippen molar-refractivity contribution in [3.63, 3.8) is 0 Å². The molecule has 0 heterocycles. The fourth-order valence-electron chi connectivity index (χ4n) is 1.55. The van der Waals surface area contributed by atoms with Crippen molar-refractivity contribution >= 4 is 23.7 Å². The molecule has 18 heavy (non-hydrogen) atoms. The quantitative estimate of drug-likeness (QED) is 0.464. The van der Waals surface area contributed by atoms with E-state index in [1.165, 1.54) is 12.8 Å². The highest BCUT2D eigenvalue weighted by Gasteiger charge is 2.21. The number of carboxylic acids is 1. The van der Waals surface area contributed by atoms with Crippen LogP contribution in [-0.4, -0.2) is 35.2 Å². The maximum absolute atomic E-state index is 11.5. The van der Waals surface area contributed by atoms with Crippen LogP contribution in [0.4, 0.5) is 0 Å². The molecule has 5 heteroatoms. The molecule has 106 valence electrons. The van der Waals surface area contributed by atoms with Gasteiger partial charge >= 0.3 is 11.9 Å². The van der Waals surface area contributed by atoms with Crippen molar-refractivity contribution in [2.45, 2.75) is 58.0 Å². The number of rotatable bonds is 11. The lowest BCUT2D eigenvalue weighted by molar-refractivity contribution is -0.164. The average molecular weight is 276 g/mol. The molecule has 0 amide bonds. The van der Waals surface area contributed by atoms with Crippen LogP contribution in [0.25, 0.3) is 0 Å². The third-order valence-electron chi connectivity index (χ3n) is 2.62. The molecule has 0 aromatic rings. The van der Waals surface area contributed by atoms with Gasteiger partial charge in [0.1, 0.15) is 0 Å². The zero-order chi connectivity index (χ0) is 13.8. The molecule has 1 unspecified atom stereocenters. The van der Waals surface area contributed by atoms with E-state index in [1.54, 1.807) is 11.8 Å². The normalized spacial score (nSPS) is 12.1. The maximum Gasteiger partial charge on any atom is 0.345 e. The largest absolute Gasteiger partial charge is 0.479 e. The van der Waals surface area contributed by atoms with Crippen LogP contribution in [0.5, 0.6) is 0 Å². The summed E-state index contributed by atoms with van der Waals surface area (Å²) in [6.07, 6.45) is 6.87. The van der Waals surface area contributed by atoms with Gasteiger partial charge in [-0.15, -0.1) is 0 Å². The fourth-order valence-corrected chi connectivity index (χ4v) is 2.00. The van der Waals surface area contributed by atoms with Crippen molar-refractivity contribution in [1.82, 2.24) is 0 Å². The highest BCUT2D eigenvalue weighted by molar-refractivity contribution is 7.98. The Morgan fingerprint density at radius 1 is 1.22 bits per heavy atom. The topological polar surface area (TPSA) is 63.6 Å². The lowest BCUT2D eigenvalue weighted by Crippen LogP contribution is -2.27. The first-order valence-corrected chi connectivity index (χ1v) is 7.92. The van der Waals surface area contributed by atoms with Gasteiger partial charge in [0.25, 0.3) is 0 Å². The van der Waals surface area contributed by atoms with Crippen LogP contribution < -0.4 is 0 Å². The highest BCUT2D eigenvalue weighted by atomic mass is 32.2. The van der Waals surface area contributed by atoms with Crippen molar-refractivity contribution in [3.05, 3.63) is 0 Å². The first-order chi connectivity index (χ1) is 8.61. The summed E-state index contributed by atoms with van der Waals surface area (Å²) in [6, 6.07) is 0. The van der Waals surface area contributed by atoms with Crippen LogP contribution in [0.2, 0.25) is 0 Å². The summed E-state index contributed by atoms with van der Waals surface area (Å²) >= 11 is 1.55. The van der Waals surface area contributed by atoms with Crippen molar-refractivity contribution in [2.75, 3.05) is 12.0 Å². The van der Waals surface area contributed by atoms with Gasteiger partial charge in [0.05, 0.1) is 0 Å². The van der Waals surface area contributed by atoms with E-state index < -0.39 is 12.1 Å². The Hall–Kier alpha value is -0.710. The smallest absolute Gasteiger partial charge is 0.345 e. The van der Waals surface area contributed by atoms with E-state index >= 15 is 0 Å². The first-order valence-electron chi connectivity index (χ1n) is 6.53. The van der Waals surface area contributed by atoms with Gasteiger partial charge in [0.15, 0.2) is 6.10 Å². The lowest BCUT2D eigenvalue weighted by atomic mass is 10.1. The predicted octanol–water partition coefficient (Wildman–Crippen LogP) is 3.10. The SMILES string of the molecule is CCCCCCCC(=O)OC(CCSC)C(=O)O. The maximum atomic E-state index is 11.5. The van der Waals surface area contributed by atoms with Gasteiger partial charge in [-0.05, 0) is 18.4 Å². The predicted molar refractivity (Wildman–Crippen MR) is 73.9 cm³/mol. The Labute approximate surface area is 113 Å². The van der Waals surface area contributed by atoms with E-state index in [-0.39, 0.29) is 5.97 Å². The van der Waals surface area contributed by atoms with Gasteiger partial charge in [0, 0.05) is 12.8 Å². The fraction of sp³-hybridized carbons (Fsp3) is 0.846. The molecule has 0 aromatic heterocycles. The van der Waals surface area contributed by atoms with Crippen LogP contribution >= 0.6 is 11.8 Å². The van der Waals surface area contributed by atoms with Gasteiger partial charge in [-0.2, -0.15) is 11.8 Å². The van der Waals surface area contributed by atoms with Crippen molar-refractivity contribution in [2.24, 2.45) is 0 Å². The minimum absolute atomic E-state index is 0.326. The molecular formula is C13H24O4S. The number of carbonyl (C=O) groups excluding carboxylic acids is 1. The second kappa shape index (κ2) is 11.4. The van der Waals surface area contributed by atoms with E-state index in [4.69, 9.17) is 9.84 Å². The van der Waals surface area contributed by atoms with E-state index in [0.717, 1.165) is 19.3 Å². The number of thioether (sulfide) groups is 1. The van der Waals surface area contributed by atoms with Gasteiger partial charge in [-0.3, -0.25) is 4.79 Å². The van der Waals surface area contributed by atoms with Crippen molar-refractivity contribution < 1.29 is 19.4 Å². The molecular weight excluding hydrogens is 252 g/mol. The number of carbonyl (C=O) groups is 2. The van der Waals surface area contributed by atoms with Crippen LogP contribution in [0.1, 0.15) is 51.9 Å².